The molecule has 32 heavy (non-hydrogen) atoms. The number of amides is 2. The molecule has 2 amide bonds. The molecule has 1 aliphatic rings. The number of H-pyrrole nitrogens is 1. The van der Waals surface area contributed by atoms with Crippen LogP contribution in [0.3, 0.4) is 0 Å². The second-order valence-corrected chi connectivity index (χ2v) is 7.21. The Morgan fingerprint density at radius 3 is 2.78 bits per heavy atom. The van der Waals surface area contributed by atoms with Gasteiger partial charge in [-0.2, -0.15) is 0 Å². The van der Waals surface area contributed by atoms with Crippen LogP contribution in [0.25, 0.3) is 11.6 Å². The van der Waals surface area contributed by atoms with Crippen molar-refractivity contribution >= 4 is 40.8 Å². The highest BCUT2D eigenvalue weighted by Gasteiger charge is 2.25. The molecule has 0 aliphatic carbocycles. The Morgan fingerprint density at radius 2 is 2.06 bits per heavy atom. The maximum atomic E-state index is 12.7. The molecule has 3 heterocycles. The van der Waals surface area contributed by atoms with E-state index in [-0.39, 0.29) is 24.9 Å². The van der Waals surface area contributed by atoms with Crippen LogP contribution in [0.5, 0.6) is 0 Å². The number of aliphatic hydroxyl groups is 1. The van der Waals surface area contributed by atoms with Crippen LogP contribution < -0.4 is 10.6 Å². The smallest absolute Gasteiger partial charge is 0.256 e. The highest BCUT2D eigenvalue weighted by atomic mass is 35.5. The summed E-state index contributed by atoms with van der Waals surface area (Å²) in [5, 5.41) is 23.2. The fraction of sp³-hybridized carbons (Fsp3) is 0.273. The van der Waals surface area contributed by atoms with Crippen molar-refractivity contribution < 1.29 is 14.7 Å². The molecule has 0 radical (unpaired) electrons. The van der Waals surface area contributed by atoms with Crippen LogP contribution in [0, 0.1) is 13.8 Å². The maximum absolute atomic E-state index is 12.7. The van der Waals surface area contributed by atoms with Gasteiger partial charge in [-0.05, 0) is 31.6 Å². The lowest BCUT2D eigenvalue weighted by Crippen LogP contribution is -2.35. The van der Waals surface area contributed by atoms with E-state index in [1.165, 1.54) is 17.3 Å². The summed E-state index contributed by atoms with van der Waals surface area (Å²) in [6.07, 6.45) is 5.61. The number of carbonyl (C=O) groups is 2. The number of nitrogens with one attached hydrogen (secondary N) is 3. The van der Waals surface area contributed by atoms with Gasteiger partial charge in [0.1, 0.15) is 0 Å². The number of fused-ring (bicyclic) bond motifs is 1. The van der Waals surface area contributed by atoms with Crippen molar-refractivity contribution in [1.82, 2.24) is 25.3 Å². The van der Waals surface area contributed by atoms with E-state index in [2.05, 4.69) is 37.5 Å². The Kier molecular flexibility index (Phi) is 7.45. The lowest BCUT2D eigenvalue weighted by Gasteiger charge is -2.12. The number of aromatic amines is 1. The van der Waals surface area contributed by atoms with E-state index in [4.69, 9.17) is 0 Å². The molecule has 0 saturated carbocycles. The summed E-state index contributed by atoms with van der Waals surface area (Å²) >= 11 is 4.64. The van der Waals surface area contributed by atoms with Gasteiger partial charge in [-0.1, -0.05) is 23.4 Å². The molecule has 3 aromatic rings. The molecule has 4 N–H and O–H groups in total. The van der Waals surface area contributed by atoms with Crippen LogP contribution in [0.2, 0.25) is 0 Å². The minimum absolute atomic E-state index is 0.0783. The van der Waals surface area contributed by atoms with E-state index in [9.17, 15) is 14.7 Å². The minimum atomic E-state index is -0.796. The number of aliphatic hydroxyl groups excluding tert-OH is 1. The van der Waals surface area contributed by atoms with Crippen LogP contribution in [-0.2, 0) is 11.3 Å². The third kappa shape index (κ3) is 4.90. The van der Waals surface area contributed by atoms with Crippen molar-refractivity contribution in [2.24, 2.45) is 0 Å². The molecule has 1 unspecified atom stereocenters. The Labute approximate surface area is 190 Å². The summed E-state index contributed by atoms with van der Waals surface area (Å²) in [7, 11) is 0. The lowest BCUT2D eigenvalue weighted by atomic mass is 10.0. The van der Waals surface area contributed by atoms with Crippen LogP contribution in [0.4, 0.5) is 5.69 Å². The third-order valence-corrected chi connectivity index (χ3v) is 5.07. The molecule has 0 saturated heterocycles. The van der Waals surface area contributed by atoms with Crippen molar-refractivity contribution in [3.05, 3.63) is 64.7 Å². The average molecular weight is 457 g/mol. The van der Waals surface area contributed by atoms with Gasteiger partial charge in [-0.3, -0.25) is 9.59 Å². The Hall–Kier alpha value is -3.43. The monoisotopic (exact) mass is 456 g/mol. The van der Waals surface area contributed by atoms with Crippen molar-refractivity contribution in [2.75, 3.05) is 18.2 Å². The molecule has 2 aromatic heterocycles. The number of nitrogens with zero attached hydrogens (tertiary/aromatic N) is 3. The molecule has 1 atom stereocenters. The minimum Gasteiger partial charge on any atom is -0.389 e. The third-order valence-electron chi connectivity index (χ3n) is 5.07. The van der Waals surface area contributed by atoms with Gasteiger partial charge in [0, 0.05) is 41.8 Å². The first-order valence-electron chi connectivity index (χ1n) is 9.94. The van der Waals surface area contributed by atoms with Crippen LogP contribution in [-0.4, -0.2) is 55.9 Å². The van der Waals surface area contributed by atoms with Crippen molar-refractivity contribution in [3.63, 3.8) is 0 Å². The van der Waals surface area contributed by atoms with E-state index >= 15 is 0 Å². The second-order valence-electron chi connectivity index (χ2n) is 7.21. The number of alkyl halides is 1. The Morgan fingerprint density at radius 1 is 1.31 bits per heavy atom. The summed E-state index contributed by atoms with van der Waals surface area (Å²) in [4.78, 5) is 28.3. The summed E-state index contributed by atoms with van der Waals surface area (Å²) in [6, 6.07) is 7.48. The number of hydrogen-bond acceptors (Lipinski definition) is 5. The SMILES string of the molecule is CCl.Cc1[nH]c(/C=C2\C(=O)Nc3ccccc32)c(C)c1C(=O)NCC(O)Cn1ccnn1. The molecule has 0 bridgehead atoms. The highest BCUT2D eigenvalue weighted by molar-refractivity contribution is 6.34. The first-order chi connectivity index (χ1) is 15.4. The zero-order valence-corrected chi connectivity index (χ0v) is 18.8. The standard InChI is InChI=1S/C21H22N6O3.CH3Cl/c1-12-18(9-16-15-5-3-4-6-17(15)25-20(16)29)24-13(2)19(12)21(30)22-10-14(28)11-27-8-7-23-26-27;1-2/h3-9,14,24,28H,10-11H2,1-2H3,(H,22,30)(H,25,29);1H3/b16-9-;. The maximum Gasteiger partial charge on any atom is 0.256 e. The molecular formula is C22H25ClN6O3. The predicted molar refractivity (Wildman–Crippen MR) is 123 cm³/mol. The van der Waals surface area contributed by atoms with Crippen LogP contribution in [0.15, 0.2) is 36.7 Å². The van der Waals surface area contributed by atoms with Gasteiger partial charge >= 0.3 is 0 Å². The molecule has 168 valence electrons. The normalized spacial score (nSPS) is 14.4. The largest absolute Gasteiger partial charge is 0.389 e. The van der Waals surface area contributed by atoms with Gasteiger partial charge < -0.3 is 20.7 Å². The van der Waals surface area contributed by atoms with E-state index in [1.807, 2.05) is 31.2 Å². The molecule has 1 aromatic carbocycles. The molecule has 9 nitrogen and oxygen atoms in total. The van der Waals surface area contributed by atoms with Gasteiger partial charge in [0.15, 0.2) is 0 Å². The number of aromatic nitrogens is 4. The number of aryl methyl sites for hydroxylation is 1. The number of rotatable bonds is 6. The topological polar surface area (TPSA) is 125 Å². The van der Waals surface area contributed by atoms with Gasteiger partial charge in [0.2, 0.25) is 0 Å². The molecule has 1 aliphatic heterocycles. The lowest BCUT2D eigenvalue weighted by molar-refractivity contribution is -0.110. The Balaban J connectivity index is 0.00000141. The van der Waals surface area contributed by atoms with E-state index in [1.54, 1.807) is 19.2 Å². The fourth-order valence-electron chi connectivity index (χ4n) is 3.60. The molecule has 0 spiro atoms. The van der Waals surface area contributed by atoms with Gasteiger partial charge in [0.25, 0.3) is 11.8 Å². The summed E-state index contributed by atoms with van der Waals surface area (Å²) in [6.45, 7) is 3.94. The molecule has 0 fully saturated rings. The molecular weight excluding hydrogens is 432 g/mol. The van der Waals surface area contributed by atoms with Gasteiger partial charge in [-0.15, -0.1) is 16.7 Å². The van der Waals surface area contributed by atoms with E-state index < -0.39 is 6.10 Å². The van der Waals surface area contributed by atoms with Crippen molar-refractivity contribution in [3.8, 4) is 0 Å². The number of para-hydroxylation sites is 1. The summed E-state index contributed by atoms with van der Waals surface area (Å²) in [5.41, 5.74) is 4.77. The predicted octanol–water partition coefficient (Wildman–Crippen LogP) is 2.36. The van der Waals surface area contributed by atoms with Crippen LogP contribution >= 0.6 is 11.6 Å². The first-order valence-corrected chi connectivity index (χ1v) is 10.7. The number of carbonyl (C=O) groups excluding carboxylic acids is 2. The number of halogens is 1. The van der Waals surface area contributed by atoms with Crippen molar-refractivity contribution in [2.45, 2.75) is 26.5 Å². The van der Waals surface area contributed by atoms with Gasteiger partial charge in [0.05, 0.1) is 30.0 Å². The Bertz CT molecular complexity index is 1140. The quantitative estimate of drug-likeness (QED) is 0.335. The second kappa shape index (κ2) is 10.3. The molecule has 4 rings (SSSR count). The zero-order chi connectivity index (χ0) is 23.3. The van der Waals surface area contributed by atoms with Gasteiger partial charge in [-0.25, -0.2) is 4.68 Å². The number of anilines is 1. The van der Waals surface area contributed by atoms with E-state index in [0.29, 0.717) is 22.5 Å². The summed E-state index contributed by atoms with van der Waals surface area (Å²) < 4.78 is 1.50. The fourth-order valence-corrected chi connectivity index (χ4v) is 3.60. The highest BCUT2D eigenvalue weighted by Crippen LogP contribution is 2.33. The summed E-state index contributed by atoms with van der Waals surface area (Å²) in [5.74, 6) is -0.468. The molecule has 10 heteroatoms. The van der Waals surface area contributed by atoms with E-state index in [0.717, 1.165) is 16.8 Å². The number of hydrogen-bond donors (Lipinski definition) is 4. The van der Waals surface area contributed by atoms with Crippen molar-refractivity contribution in [1.29, 1.82) is 0 Å². The first kappa shape index (κ1) is 23.2. The zero-order valence-electron chi connectivity index (χ0n) is 18.0. The average Bonchev–Trinajstić information content (AvgIpc) is 3.47. The number of benzene rings is 1. The van der Waals surface area contributed by atoms with Crippen LogP contribution in [0.1, 0.15) is 32.9 Å².